The Morgan fingerprint density at radius 2 is 1.73 bits per heavy atom. The molecule has 0 aliphatic heterocycles. The van der Waals surface area contributed by atoms with Gasteiger partial charge in [-0.3, -0.25) is 4.79 Å². The van der Waals surface area contributed by atoms with Gasteiger partial charge in [-0.2, -0.15) is 0 Å². The number of benzene rings is 2. The van der Waals surface area contributed by atoms with Crippen LogP contribution in [0.1, 0.15) is 18.7 Å². The van der Waals surface area contributed by atoms with Crippen molar-refractivity contribution in [2.45, 2.75) is 19.8 Å². The van der Waals surface area contributed by atoms with E-state index in [-0.39, 0.29) is 11.8 Å². The Kier molecular flexibility index (Phi) is 4.35. The minimum Gasteiger partial charge on any atom is -0.340 e. The summed E-state index contributed by atoms with van der Waals surface area (Å²) in [6.07, 6.45) is 1.98. The van der Waals surface area contributed by atoms with Gasteiger partial charge in [0.1, 0.15) is 11.6 Å². The highest BCUT2D eigenvalue weighted by molar-refractivity contribution is 5.94. The molecular formula is C21H20N4O. The number of aryl methyl sites for hydroxylation is 1. The minimum atomic E-state index is 0.103. The number of aromatic nitrogens is 2. The molecule has 5 nitrogen and oxygen atoms in total. The molecule has 0 unspecified atom stereocenters. The van der Waals surface area contributed by atoms with Crippen LogP contribution < -0.4 is 10.6 Å². The van der Waals surface area contributed by atoms with Gasteiger partial charge in [0, 0.05) is 28.9 Å². The predicted molar refractivity (Wildman–Crippen MR) is 103 cm³/mol. The molecule has 0 bridgehead atoms. The largest absolute Gasteiger partial charge is 0.340 e. The maximum atomic E-state index is 11.9. The van der Waals surface area contributed by atoms with Crippen molar-refractivity contribution in [2.24, 2.45) is 5.92 Å². The van der Waals surface area contributed by atoms with Crippen molar-refractivity contribution in [1.82, 2.24) is 9.97 Å². The average Bonchev–Trinajstić information content (AvgIpc) is 3.47. The number of rotatable bonds is 5. The zero-order valence-electron chi connectivity index (χ0n) is 14.6. The second-order valence-corrected chi connectivity index (χ2v) is 6.52. The first-order valence-corrected chi connectivity index (χ1v) is 8.76. The second kappa shape index (κ2) is 6.96. The van der Waals surface area contributed by atoms with Crippen LogP contribution in [0.4, 0.5) is 17.2 Å². The molecule has 1 fully saturated rings. The van der Waals surface area contributed by atoms with Crippen molar-refractivity contribution in [1.29, 1.82) is 0 Å². The molecule has 26 heavy (non-hydrogen) atoms. The fraction of sp³-hybridized carbons (Fsp3) is 0.190. The van der Waals surface area contributed by atoms with Crippen molar-refractivity contribution in [3.05, 3.63) is 66.5 Å². The number of amides is 1. The first-order chi connectivity index (χ1) is 12.7. The molecule has 130 valence electrons. The average molecular weight is 344 g/mol. The van der Waals surface area contributed by atoms with E-state index in [0.29, 0.717) is 5.82 Å². The first-order valence-electron chi connectivity index (χ1n) is 8.76. The van der Waals surface area contributed by atoms with Gasteiger partial charge in [-0.15, -0.1) is 0 Å². The summed E-state index contributed by atoms with van der Waals surface area (Å²) in [4.78, 5) is 20.9. The molecular weight excluding hydrogens is 324 g/mol. The maximum absolute atomic E-state index is 11.9. The Labute approximate surface area is 152 Å². The molecule has 1 saturated carbocycles. The molecule has 0 spiro atoms. The van der Waals surface area contributed by atoms with Crippen LogP contribution in [-0.4, -0.2) is 15.9 Å². The summed E-state index contributed by atoms with van der Waals surface area (Å²) >= 11 is 0. The molecule has 1 aliphatic carbocycles. The lowest BCUT2D eigenvalue weighted by Crippen LogP contribution is -2.13. The lowest BCUT2D eigenvalue weighted by atomic mass is 10.1. The lowest BCUT2D eigenvalue weighted by molar-refractivity contribution is -0.117. The summed E-state index contributed by atoms with van der Waals surface area (Å²) in [5, 5.41) is 6.28. The zero-order valence-corrected chi connectivity index (χ0v) is 14.6. The summed E-state index contributed by atoms with van der Waals surface area (Å²) in [5.41, 5.74) is 3.59. The van der Waals surface area contributed by atoms with Gasteiger partial charge in [0.2, 0.25) is 5.91 Å². The third-order valence-corrected chi connectivity index (χ3v) is 4.26. The molecule has 1 amide bonds. The van der Waals surface area contributed by atoms with E-state index in [1.54, 1.807) is 0 Å². The van der Waals surface area contributed by atoms with E-state index in [0.717, 1.165) is 41.3 Å². The van der Waals surface area contributed by atoms with Crippen molar-refractivity contribution >= 4 is 23.1 Å². The topological polar surface area (TPSA) is 66.9 Å². The van der Waals surface area contributed by atoms with Crippen molar-refractivity contribution in [2.75, 3.05) is 10.6 Å². The van der Waals surface area contributed by atoms with Crippen LogP contribution in [0.15, 0.2) is 60.7 Å². The van der Waals surface area contributed by atoms with E-state index in [1.807, 2.05) is 67.6 Å². The molecule has 0 atom stereocenters. The highest BCUT2D eigenvalue weighted by Gasteiger charge is 2.29. The summed E-state index contributed by atoms with van der Waals surface area (Å²) in [6.45, 7) is 1.88. The van der Waals surface area contributed by atoms with E-state index in [2.05, 4.69) is 20.6 Å². The summed E-state index contributed by atoms with van der Waals surface area (Å²) < 4.78 is 0. The Balaban J connectivity index is 1.55. The summed E-state index contributed by atoms with van der Waals surface area (Å²) in [5.74, 6) is 1.71. The van der Waals surface area contributed by atoms with Crippen LogP contribution in [0.3, 0.4) is 0 Å². The van der Waals surface area contributed by atoms with Crippen molar-refractivity contribution in [3.63, 3.8) is 0 Å². The number of hydrogen-bond donors (Lipinski definition) is 2. The molecule has 5 heteroatoms. The molecule has 0 saturated heterocycles. The van der Waals surface area contributed by atoms with Crippen LogP contribution in [-0.2, 0) is 4.79 Å². The molecule has 4 rings (SSSR count). The number of carbonyl (C=O) groups excluding carboxylic acids is 1. The van der Waals surface area contributed by atoms with Gasteiger partial charge in [-0.1, -0.05) is 36.4 Å². The number of nitrogens with one attached hydrogen (secondary N) is 2. The molecule has 3 aromatic rings. The Morgan fingerprint density at radius 1 is 0.962 bits per heavy atom. The Hall–Kier alpha value is -3.21. The number of nitrogens with zero attached hydrogens (tertiary/aromatic N) is 2. The molecule has 2 aromatic carbocycles. The number of anilines is 3. The van der Waals surface area contributed by atoms with Crippen LogP contribution in [0, 0.1) is 12.8 Å². The van der Waals surface area contributed by atoms with Gasteiger partial charge in [0.05, 0.1) is 5.69 Å². The zero-order chi connectivity index (χ0) is 17.9. The van der Waals surface area contributed by atoms with Gasteiger partial charge >= 0.3 is 0 Å². The van der Waals surface area contributed by atoms with E-state index in [4.69, 9.17) is 0 Å². The molecule has 0 radical (unpaired) electrons. The number of carbonyl (C=O) groups is 1. The standard InChI is InChI=1S/C21H20N4O/c1-14-22-19(15-6-3-2-4-7-15)13-20(23-14)24-17-8-5-9-18(12-17)25-21(26)16-10-11-16/h2-9,12-13,16H,10-11H2,1H3,(H,25,26)(H,22,23,24). The Bertz CT molecular complexity index is 936. The molecule has 1 heterocycles. The highest BCUT2D eigenvalue weighted by atomic mass is 16.2. The number of hydrogen-bond acceptors (Lipinski definition) is 4. The fourth-order valence-electron chi connectivity index (χ4n) is 2.80. The monoisotopic (exact) mass is 344 g/mol. The van der Waals surface area contributed by atoms with Gasteiger partial charge < -0.3 is 10.6 Å². The van der Waals surface area contributed by atoms with Gasteiger partial charge in [-0.25, -0.2) is 9.97 Å². The van der Waals surface area contributed by atoms with E-state index < -0.39 is 0 Å². The predicted octanol–water partition coefficient (Wildman–Crippen LogP) is 4.54. The third-order valence-electron chi connectivity index (χ3n) is 4.26. The highest BCUT2D eigenvalue weighted by Crippen LogP contribution is 2.30. The van der Waals surface area contributed by atoms with E-state index in [9.17, 15) is 4.79 Å². The maximum Gasteiger partial charge on any atom is 0.227 e. The summed E-state index contributed by atoms with van der Waals surface area (Å²) in [6, 6.07) is 19.6. The summed E-state index contributed by atoms with van der Waals surface area (Å²) in [7, 11) is 0. The fourth-order valence-corrected chi connectivity index (χ4v) is 2.80. The molecule has 2 N–H and O–H groups in total. The van der Waals surface area contributed by atoms with Crippen LogP contribution in [0.25, 0.3) is 11.3 Å². The normalized spacial score (nSPS) is 13.3. The van der Waals surface area contributed by atoms with Crippen molar-refractivity contribution in [3.8, 4) is 11.3 Å². The van der Waals surface area contributed by atoms with Crippen molar-refractivity contribution < 1.29 is 4.79 Å². The van der Waals surface area contributed by atoms with Crippen LogP contribution in [0.2, 0.25) is 0 Å². The van der Waals surface area contributed by atoms with Gasteiger partial charge in [0.15, 0.2) is 0 Å². The minimum absolute atomic E-state index is 0.103. The Morgan fingerprint density at radius 3 is 2.50 bits per heavy atom. The molecule has 1 aliphatic rings. The van der Waals surface area contributed by atoms with E-state index >= 15 is 0 Å². The smallest absolute Gasteiger partial charge is 0.227 e. The quantitative estimate of drug-likeness (QED) is 0.713. The second-order valence-electron chi connectivity index (χ2n) is 6.52. The molecule has 1 aromatic heterocycles. The first kappa shape index (κ1) is 16.3. The van der Waals surface area contributed by atoms with Gasteiger partial charge in [0.25, 0.3) is 0 Å². The lowest BCUT2D eigenvalue weighted by Gasteiger charge is -2.11. The SMILES string of the molecule is Cc1nc(Nc2cccc(NC(=O)C3CC3)c2)cc(-c2ccccc2)n1. The van der Waals surface area contributed by atoms with Crippen LogP contribution >= 0.6 is 0 Å². The third kappa shape index (κ3) is 3.88. The van der Waals surface area contributed by atoms with E-state index in [1.165, 1.54) is 0 Å². The van der Waals surface area contributed by atoms with Crippen LogP contribution in [0.5, 0.6) is 0 Å². The van der Waals surface area contributed by atoms with Gasteiger partial charge in [-0.05, 0) is 38.0 Å².